The maximum Gasteiger partial charge on any atom is 0.255 e. The third-order valence-corrected chi connectivity index (χ3v) is 4.42. The molecule has 1 saturated heterocycles. The maximum absolute atomic E-state index is 12.6. The number of fused-ring (bicyclic) bond motifs is 2. The zero-order valence-electron chi connectivity index (χ0n) is 12.6. The van der Waals surface area contributed by atoms with Crippen molar-refractivity contribution in [2.45, 2.75) is 31.5 Å². The first kappa shape index (κ1) is 14.7. The van der Waals surface area contributed by atoms with Gasteiger partial charge in [-0.3, -0.25) is 24.5 Å². The van der Waals surface area contributed by atoms with Gasteiger partial charge in [0, 0.05) is 18.5 Å². The number of benzene rings is 1. The number of hydrogen-bond donors (Lipinski definition) is 1. The van der Waals surface area contributed by atoms with Crippen LogP contribution in [-0.2, 0) is 20.9 Å². The first-order valence-electron chi connectivity index (χ1n) is 7.63. The molecule has 1 N–H and O–H groups in total. The Morgan fingerprint density at radius 2 is 2.04 bits per heavy atom. The number of carbonyl (C=O) groups excluding carboxylic acids is 4. The number of rotatable bonds is 2. The van der Waals surface area contributed by atoms with Gasteiger partial charge in [0.25, 0.3) is 5.91 Å². The van der Waals surface area contributed by atoms with Crippen molar-refractivity contribution in [3.05, 3.63) is 23.3 Å². The summed E-state index contributed by atoms with van der Waals surface area (Å²) in [5, 5.41) is 2.26. The highest BCUT2D eigenvalue weighted by Gasteiger charge is 2.40. The first-order valence-corrected chi connectivity index (χ1v) is 7.63. The van der Waals surface area contributed by atoms with E-state index in [1.165, 1.54) is 4.90 Å². The number of ether oxygens (including phenoxy) is 2. The Morgan fingerprint density at radius 1 is 1.21 bits per heavy atom. The lowest BCUT2D eigenvalue weighted by Gasteiger charge is -2.29. The van der Waals surface area contributed by atoms with Crippen LogP contribution >= 0.6 is 0 Å². The molecule has 3 amide bonds. The number of carbonyl (C=O) groups is 4. The van der Waals surface area contributed by atoms with Crippen molar-refractivity contribution in [2.75, 3.05) is 6.61 Å². The van der Waals surface area contributed by atoms with Crippen LogP contribution in [0, 0.1) is 0 Å². The van der Waals surface area contributed by atoms with Crippen LogP contribution < -0.4 is 14.8 Å². The van der Waals surface area contributed by atoms with Crippen LogP contribution in [0.4, 0.5) is 0 Å². The van der Waals surface area contributed by atoms with Gasteiger partial charge >= 0.3 is 0 Å². The van der Waals surface area contributed by atoms with E-state index in [2.05, 4.69) is 5.32 Å². The molecule has 0 saturated carbocycles. The Labute approximate surface area is 136 Å². The zero-order chi connectivity index (χ0) is 16.8. The summed E-state index contributed by atoms with van der Waals surface area (Å²) in [5.74, 6) is -0.230. The monoisotopic (exact) mass is 330 g/mol. The Bertz CT molecular complexity index is 774. The number of piperidine rings is 1. The highest BCUT2D eigenvalue weighted by atomic mass is 16.6. The smallest absolute Gasteiger partial charge is 0.255 e. The molecule has 0 bridgehead atoms. The summed E-state index contributed by atoms with van der Waals surface area (Å²) in [6.07, 6.45) is 0.514. The minimum atomic E-state index is -0.668. The SMILES string of the molecule is O=CC1COc2cc3c(cc2O1)CN(C1CCC(=O)NC1=O)C3=O. The van der Waals surface area contributed by atoms with Gasteiger partial charge in [-0.05, 0) is 24.1 Å². The topological polar surface area (TPSA) is 102 Å². The van der Waals surface area contributed by atoms with Gasteiger partial charge in [0.1, 0.15) is 12.6 Å². The van der Waals surface area contributed by atoms with Crippen LogP contribution in [0.5, 0.6) is 11.5 Å². The second-order valence-corrected chi connectivity index (χ2v) is 5.96. The second kappa shape index (κ2) is 5.33. The molecule has 8 nitrogen and oxygen atoms in total. The summed E-state index contributed by atoms with van der Waals surface area (Å²) in [4.78, 5) is 48.2. The molecule has 0 spiro atoms. The van der Waals surface area contributed by atoms with Crippen molar-refractivity contribution >= 4 is 24.0 Å². The third-order valence-electron chi connectivity index (χ3n) is 4.42. The minimum absolute atomic E-state index is 0.0976. The quantitative estimate of drug-likeness (QED) is 0.594. The summed E-state index contributed by atoms with van der Waals surface area (Å²) >= 11 is 0. The van der Waals surface area contributed by atoms with Gasteiger partial charge in [-0.15, -0.1) is 0 Å². The van der Waals surface area contributed by atoms with E-state index in [0.29, 0.717) is 35.3 Å². The molecule has 1 aromatic carbocycles. The molecule has 3 heterocycles. The fourth-order valence-electron chi connectivity index (χ4n) is 3.21. The average molecular weight is 330 g/mol. The van der Waals surface area contributed by atoms with Gasteiger partial charge in [0.15, 0.2) is 23.9 Å². The standard InChI is InChI=1S/C16H14N2O6/c19-6-9-7-23-12-4-10-8(3-13(12)24-9)5-18(16(10)22)11-1-2-14(20)17-15(11)21/h3-4,6,9,11H,1-2,5,7H2,(H,17,20,21). The van der Waals surface area contributed by atoms with E-state index in [-0.39, 0.29) is 31.4 Å². The van der Waals surface area contributed by atoms with Gasteiger partial charge in [-0.1, -0.05) is 0 Å². The van der Waals surface area contributed by atoms with E-state index >= 15 is 0 Å². The van der Waals surface area contributed by atoms with Crippen molar-refractivity contribution < 1.29 is 28.7 Å². The molecule has 0 aliphatic carbocycles. The van der Waals surface area contributed by atoms with Gasteiger partial charge in [0.05, 0.1) is 0 Å². The number of aldehydes is 1. The zero-order valence-corrected chi connectivity index (χ0v) is 12.6. The van der Waals surface area contributed by atoms with E-state index in [1.54, 1.807) is 12.1 Å². The van der Waals surface area contributed by atoms with Crippen molar-refractivity contribution in [1.29, 1.82) is 0 Å². The van der Waals surface area contributed by atoms with Crippen LogP contribution in [0.1, 0.15) is 28.8 Å². The van der Waals surface area contributed by atoms with E-state index in [0.717, 1.165) is 0 Å². The molecular weight excluding hydrogens is 316 g/mol. The molecule has 8 heteroatoms. The van der Waals surface area contributed by atoms with Crippen molar-refractivity contribution in [1.82, 2.24) is 10.2 Å². The van der Waals surface area contributed by atoms with E-state index in [4.69, 9.17) is 9.47 Å². The highest BCUT2D eigenvalue weighted by molar-refractivity contribution is 6.05. The minimum Gasteiger partial charge on any atom is -0.485 e. The van der Waals surface area contributed by atoms with Crippen molar-refractivity contribution in [3.8, 4) is 11.5 Å². The predicted molar refractivity (Wildman–Crippen MR) is 78.5 cm³/mol. The molecule has 124 valence electrons. The van der Waals surface area contributed by atoms with Gasteiger partial charge < -0.3 is 14.4 Å². The summed E-state index contributed by atoms with van der Waals surface area (Å²) in [6, 6.07) is 2.59. The average Bonchev–Trinajstić information content (AvgIpc) is 2.88. The fraction of sp³-hybridized carbons (Fsp3) is 0.375. The molecule has 2 atom stereocenters. The van der Waals surface area contributed by atoms with Crippen LogP contribution in [-0.4, -0.2) is 47.7 Å². The lowest BCUT2D eigenvalue weighted by Crippen LogP contribution is -2.52. The van der Waals surface area contributed by atoms with E-state index < -0.39 is 18.1 Å². The number of amides is 3. The Balaban J connectivity index is 1.62. The lowest BCUT2D eigenvalue weighted by molar-refractivity contribution is -0.136. The van der Waals surface area contributed by atoms with Gasteiger partial charge in [-0.25, -0.2) is 0 Å². The van der Waals surface area contributed by atoms with Crippen LogP contribution in [0.15, 0.2) is 12.1 Å². The predicted octanol–water partition coefficient (Wildman–Crippen LogP) is -0.214. The number of nitrogens with one attached hydrogen (secondary N) is 1. The van der Waals surface area contributed by atoms with Crippen LogP contribution in [0.25, 0.3) is 0 Å². The largest absolute Gasteiger partial charge is 0.485 e. The molecule has 3 aliphatic heterocycles. The Morgan fingerprint density at radius 3 is 2.79 bits per heavy atom. The van der Waals surface area contributed by atoms with Crippen molar-refractivity contribution in [3.63, 3.8) is 0 Å². The second-order valence-electron chi connectivity index (χ2n) is 5.96. The van der Waals surface area contributed by atoms with E-state index in [9.17, 15) is 19.2 Å². The fourth-order valence-corrected chi connectivity index (χ4v) is 3.21. The van der Waals surface area contributed by atoms with Crippen LogP contribution in [0.3, 0.4) is 0 Å². The van der Waals surface area contributed by atoms with Gasteiger partial charge in [-0.2, -0.15) is 0 Å². The number of hydrogen-bond acceptors (Lipinski definition) is 6. The highest BCUT2D eigenvalue weighted by Crippen LogP contribution is 2.38. The molecule has 3 aliphatic rings. The molecule has 0 aromatic heterocycles. The summed E-state index contributed by atoms with van der Waals surface area (Å²) < 4.78 is 11.0. The first-order chi connectivity index (χ1) is 11.6. The molecule has 24 heavy (non-hydrogen) atoms. The lowest BCUT2D eigenvalue weighted by atomic mass is 10.0. The number of nitrogens with zero attached hydrogens (tertiary/aromatic N) is 1. The normalized spacial score (nSPS) is 25.3. The molecular formula is C16H14N2O6. The summed E-state index contributed by atoms with van der Waals surface area (Å²) in [7, 11) is 0. The molecule has 4 rings (SSSR count). The van der Waals surface area contributed by atoms with Gasteiger partial charge in [0.2, 0.25) is 11.8 Å². The Hall–Kier alpha value is -2.90. The summed E-state index contributed by atoms with van der Waals surface area (Å²) in [6.45, 7) is 0.350. The molecule has 0 radical (unpaired) electrons. The van der Waals surface area contributed by atoms with E-state index in [1.807, 2.05) is 0 Å². The summed E-state index contributed by atoms with van der Waals surface area (Å²) in [5.41, 5.74) is 1.16. The Kier molecular flexibility index (Phi) is 3.26. The third kappa shape index (κ3) is 2.22. The maximum atomic E-state index is 12.6. The molecule has 2 unspecified atom stereocenters. The van der Waals surface area contributed by atoms with Crippen molar-refractivity contribution in [2.24, 2.45) is 0 Å². The molecule has 1 aromatic rings. The number of imide groups is 1. The van der Waals surface area contributed by atoms with Crippen LogP contribution in [0.2, 0.25) is 0 Å². The molecule has 1 fully saturated rings.